The Kier molecular flexibility index (Phi) is 5.55. The average molecular weight is 439 g/mol. The molecule has 3 nitrogen and oxygen atoms in total. The highest BCUT2D eigenvalue weighted by atomic mass is 19.4. The number of benzene rings is 2. The molecule has 31 heavy (non-hydrogen) atoms. The molecular formula is C22H19F6N3. The van der Waals surface area contributed by atoms with Crippen LogP contribution in [0.25, 0.3) is 0 Å². The first-order valence-corrected chi connectivity index (χ1v) is 9.72. The molecule has 3 aromatic rings. The van der Waals surface area contributed by atoms with Crippen LogP contribution in [0.5, 0.6) is 0 Å². The third-order valence-electron chi connectivity index (χ3n) is 5.36. The molecule has 1 aliphatic heterocycles. The first-order chi connectivity index (χ1) is 14.6. The second-order valence-corrected chi connectivity index (χ2v) is 7.53. The Hall–Kier alpha value is -2.81. The third-order valence-corrected chi connectivity index (χ3v) is 5.36. The minimum absolute atomic E-state index is 0.0314. The van der Waals surface area contributed by atoms with Crippen LogP contribution >= 0.6 is 0 Å². The summed E-state index contributed by atoms with van der Waals surface area (Å²) in [6.45, 7) is 1.07. The van der Waals surface area contributed by atoms with Gasteiger partial charge in [-0.05, 0) is 41.8 Å². The lowest BCUT2D eigenvalue weighted by atomic mass is 9.99. The van der Waals surface area contributed by atoms with E-state index < -0.39 is 23.5 Å². The van der Waals surface area contributed by atoms with Crippen molar-refractivity contribution in [2.45, 2.75) is 37.9 Å². The van der Waals surface area contributed by atoms with Gasteiger partial charge in [-0.25, -0.2) is 0 Å². The topological polar surface area (TPSA) is 21.1 Å². The van der Waals surface area contributed by atoms with Gasteiger partial charge in [-0.3, -0.25) is 9.58 Å². The van der Waals surface area contributed by atoms with Crippen LogP contribution < -0.4 is 0 Å². The first kappa shape index (κ1) is 21.4. The molecule has 1 aliphatic rings. The van der Waals surface area contributed by atoms with E-state index in [-0.39, 0.29) is 24.2 Å². The fourth-order valence-electron chi connectivity index (χ4n) is 4.03. The van der Waals surface area contributed by atoms with E-state index in [0.717, 1.165) is 23.4 Å². The van der Waals surface area contributed by atoms with Crippen molar-refractivity contribution in [3.63, 3.8) is 0 Å². The number of fused-ring (bicyclic) bond motifs is 1. The Labute approximate surface area is 174 Å². The second-order valence-electron chi connectivity index (χ2n) is 7.53. The molecule has 0 spiro atoms. The normalized spacial score (nSPS) is 17.9. The van der Waals surface area contributed by atoms with Gasteiger partial charge in [0.25, 0.3) is 0 Å². The van der Waals surface area contributed by atoms with E-state index in [9.17, 15) is 26.3 Å². The molecule has 1 aromatic heterocycles. The van der Waals surface area contributed by atoms with E-state index in [1.807, 2.05) is 46.0 Å². The quantitative estimate of drug-likeness (QED) is 0.473. The predicted octanol–water partition coefficient (Wildman–Crippen LogP) is 5.92. The highest BCUT2D eigenvalue weighted by Gasteiger charge is 2.37. The van der Waals surface area contributed by atoms with Crippen molar-refractivity contribution in [2.75, 3.05) is 6.54 Å². The van der Waals surface area contributed by atoms with Crippen molar-refractivity contribution in [2.24, 2.45) is 0 Å². The van der Waals surface area contributed by atoms with Crippen LogP contribution in [0.3, 0.4) is 0 Å². The summed E-state index contributed by atoms with van der Waals surface area (Å²) in [6.07, 6.45) is -7.41. The Morgan fingerprint density at radius 1 is 0.839 bits per heavy atom. The summed E-state index contributed by atoms with van der Waals surface area (Å²) in [7, 11) is 0. The summed E-state index contributed by atoms with van der Waals surface area (Å²) in [4.78, 5) is 1.91. The summed E-state index contributed by atoms with van der Waals surface area (Å²) in [5, 5.41) is 4.32. The molecule has 2 aromatic carbocycles. The maximum atomic E-state index is 13.3. The molecule has 2 heterocycles. The third kappa shape index (κ3) is 4.61. The minimum atomic E-state index is -4.87. The van der Waals surface area contributed by atoms with E-state index >= 15 is 0 Å². The van der Waals surface area contributed by atoms with Crippen LogP contribution in [-0.2, 0) is 25.4 Å². The van der Waals surface area contributed by atoms with Crippen LogP contribution in [0.2, 0.25) is 0 Å². The number of nitrogens with zero attached hydrogens (tertiary/aromatic N) is 3. The average Bonchev–Trinajstić information content (AvgIpc) is 3.08. The maximum absolute atomic E-state index is 13.3. The number of alkyl halides is 6. The summed E-state index contributed by atoms with van der Waals surface area (Å²) >= 11 is 0. The van der Waals surface area contributed by atoms with E-state index in [2.05, 4.69) is 5.10 Å². The second kappa shape index (κ2) is 8.03. The molecule has 164 valence electrons. The zero-order chi connectivity index (χ0) is 22.2. The highest BCUT2D eigenvalue weighted by molar-refractivity contribution is 5.35. The maximum Gasteiger partial charge on any atom is 0.416 e. The minimum Gasteiger partial charge on any atom is -0.287 e. The molecule has 9 heteroatoms. The molecular weight excluding hydrogens is 420 g/mol. The monoisotopic (exact) mass is 439 g/mol. The van der Waals surface area contributed by atoms with Crippen molar-refractivity contribution >= 4 is 0 Å². The molecule has 0 saturated heterocycles. The standard InChI is InChI=1S/C22H19F6N3/c23-21(24,25)17-11-15(12-18(13-17)22(26,27)28)14-30-9-4-10-31-19(7-8-29-31)20(30)16-5-2-1-3-6-16/h1-3,5-8,11-13,20H,4,9-10,14H2. The van der Waals surface area contributed by atoms with Gasteiger partial charge in [-0.2, -0.15) is 31.4 Å². The Balaban J connectivity index is 1.77. The zero-order valence-electron chi connectivity index (χ0n) is 16.3. The largest absolute Gasteiger partial charge is 0.416 e. The molecule has 0 bridgehead atoms. The number of aromatic nitrogens is 2. The van der Waals surface area contributed by atoms with E-state index in [4.69, 9.17) is 0 Å². The van der Waals surface area contributed by atoms with E-state index in [1.165, 1.54) is 0 Å². The van der Waals surface area contributed by atoms with Crippen LogP contribution in [-0.4, -0.2) is 21.2 Å². The molecule has 1 unspecified atom stereocenters. The van der Waals surface area contributed by atoms with Crippen molar-refractivity contribution in [1.29, 1.82) is 0 Å². The number of halogens is 6. The lowest BCUT2D eigenvalue weighted by Gasteiger charge is -2.30. The highest BCUT2D eigenvalue weighted by Crippen LogP contribution is 2.38. The van der Waals surface area contributed by atoms with Crippen LogP contribution in [0.1, 0.15) is 40.4 Å². The Morgan fingerprint density at radius 2 is 1.48 bits per heavy atom. The summed E-state index contributed by atoms with van der Waals surface area (Å²) < 4.78 is 81.5. The molecule has 0 radical (unpaired) electrons. The van der Waals surface area contributed by atoms with Gasteiger partial charge in [-0.15, -0.1) is 0 Å². The number of aryl methyl sites for hydroxylation is 1. The number of hydrogen-bond donors (Lipinski definition) is 0. The lowest BCUT2D eigenvalue weighted by molar-refractivity contribution is -0.143. The fourth-order valence-corrected chi connectivity index (χ4v) is 4.03. The van der Waals surface area contributed by atoms with Gasteiger partial charge in [0, 0.05) is 25.8 Å². The van der Waals surface area contributed by atoms with Crippen molar-refractivity contribution in [1.82, 2.24) is 14.7 Å². The van der Waals surface area contributed by atoms with Crippen molar-refractivity contribution in [3.8, 4) is 0 Å². The van der Waals surface area contributed by atoms with Gasteiger partial charge in [0.1, 0.15) is 0 Å². The van der Waals surface area contributed by atoms with E-state index in [0.29, 0.717) is 19.5 Å². The molecule has 4 rings (SSSR count). The fraction of sp³-hybridized carbons (Fsp3) is 0.318. The zero-order valence-corrected chi connectivity index (χ0v) is 16.3. The summed E-state index contributed by atoms with van der Waals surface area (Å²) in [5.74, 6) is 0. The van der Waals surface area contributed by atoms with Gasteiger partial charge in [0.15, 0.2) is 0 Å². The van der Waals surface area contributed by atoms with Crippen LogP contribution in [0, 0.1) is 0 Å². The molecule has 0 N–H and O–H groups in total. The molecule has 0 saturated carbocycles. The van der Waals surface area contributed by atoms with Crippen molar-refractivity contribution < 1.29 is 26.3 Å². The smallest absolute Gasteiger partial charge is 0.287 e. The Bertz CT molecular complexity index is 1010. The molecule has 0 aliphatic carbocycles. The van der Waals surface area contributed by atoms with Gasteiger partial charge in [-0.1, -0.05) is 30.3 Å². The van der Waals surface area contributed by atoms with Gasteiger partial charge >= 0.3 is 12.4 Å². The SMILES string of the molecule is FC(F)(F)c1cc(CN2CCCn3nccc3C2c2ccccc2)cc(C(F)(F)F)c1. The molecule has 1 atom stereocenters. The molecule has 0 fully saturated rings. The predicted molar refractivity (Wildman–Crippen MR) is 102 cm³/mol. The number of hydrogen-bond acceptors (Lipinski definition) is 2. The first-order valence-electron chi connectivity index (χ1n) is 9.72. The summed E-state index contributed by atoms with van der Waals surface area (Å²) in [6, 6.07) is 12.6. The Morgan fingerprint density at radius 3 is 2.10 bits per heavy atom. The number of rotatable bonds is 3. The summed E-state index contributed by atoms with van der Waals surface area (Å²) in [5.41, 5.74) is -0.876. The lowest BCUT2D eigenvalue weighted by Crippen LogP contribution is -2.30. The molecule has 0 amide bonds. The van der Waals surface area contributed by atoms with Gasteiger partial charge in [0.05, 0.1) is 22.9 Å². The van der Waals surface area contributed by atoms with Crippen LogP contribution in [0.4, 0.5) is 26.3 Å². The van der Waals surface area contributed by atoms with Gasteiger partial charge in [0.2, 0.25) is 0 Å². The van der Waals surface area contributed by atoms with Crippen LogP contribution in [0.15, 0.2) is 60.8 Å². The van der Waals surface area contributed by atoms with Crippen molar-refractivity contribution in [3.05, 3.63) is 88.7 Å². The van der Waals surface area contributed by atoms with E-state index in [1.54, 1.807) is 6.20 Å². The van der Waals surface area contributed by atoms with Gasteiger partial charge < -0.3 is 0 Å².